The SMILES string of the molecule is NC(=O)c1c(-c2ccc(NS(=O)(=O)CCC(F)(F)F)cc2)n[nH]c1Nc1cccc(C(F)(F)F)n1. The summed E-state index contributed by atoms with van der Waals surface area (Å²) in [6, 6.07) is 8.17. The summed E-state index contributed by atoms with van der Waals surface area (Å²) in [5, 5.41) is 8.89. The van der Waals surface area contributed by atoms with Crippen molar-refractivity contribution < 1.29 is 39.6 Å². The molecule has 0 radical (unpaired) electrons. The van der Waals surface area contributed by atoms with E-state index in [1.165, 1.54) is 30.3 Å². The topological polar surface area (TPSA) is 143 Å². The molecule has 1 aromatic carbocycles. The molecule has 0 saturated carbocycles. The van der Waals surface area contributed by atoms with Crippen LogP contribution < -0.4 is 15.8 Å². The summed E-state index contributed by atoms with van der Waals surface area (Å²) >= 11 is 0. The van der Waals surface area contributed by atoms with Gasteiger partial charge in [0.25, 0.3) is 5.91 Å². The molecule has 0 spiro atoms. The molecule has 0 aliphatic carbocycles. The van der Waals surface area contributed by atoms with Gasteiger partial charge < -0.3 is 11.1 Å². The van der Waals surface area contributed by atoms with Gasteiger partial charge in [-0.3, -0.25) is 14.6 Å². The van der Waals surface area contributed by atoms with E-state index >= 15 is 0 Å². The van der Waals surface area contributed by atoms with E-state index in [0.717, 1.165) is 12.1 Å². The second-order valence-corrected chi connectivity index (χ2v) is 8.92. The van der Waals surface area contributed by atoms with Crippen LogP contribution in [0.1, 0.15) is 22.5 Å². The normalized spacial score (nSPS) is 12.4. The van der Waals surface area contributed by atoms with E-state index in [0.29, 0.717) is 0 Å². The van der Waals surface area contributed by atoms with E-state index in [1.54, 1.807) is 0 Å². The number of nitrogens with zero attached hydrogens (tertiary/aromatic N) is 2. The number of carbonyl (C=O) groups is 1. The fraction of sp³-hybridized carbons (Fsp3) is 0.211. The summed E-state index contributed by atoms with van der Waals surface area (Å²) in [4.78, 5) is 15.5. The highest BCUT2D eigenvalue weighted by Crippen LogP contribution is 2.31. The molecule has 1 amide bonds. The number of nitrogens with two attached hydrogens (primary N) is 1. The summed E-state index contributed by atoms with van der Waals surface area (Å²) in [7, 11) is -4.27. The Labute approximate surface area is 193 Å². The summed E-state index contributed by atoms with van der Waals surface area (Å²) in [6.45, 7) is 0. The van der Waals surface area contributed by atoms with Gasteiger partial charge in [-0.2, -0.15) is 31.4 Å². The van der Waals surface area contributed by atoms with Crippen LogP contribution in [-0.4, -0.2) is 41.4 Å². The number of aromatic nitrogens is 3. The first kappa shape index (κ1) is 25.8. The van der Waals surface area contributed by atoms with E-state index < -0.39 is 46.2 Å². The number of rotatable bonds is 8. The lowest BCUT2D eigenvalue weighted by Gasteiger charge is -2.10. The summed E-state index contributed by atoms with van der Waals surface area (Å²) < 4.78 is 101. The van der Waals surface area contributed by atoms with E-state index in [2.05, 4.69) is 20.5 Å². The smallest absolute Gasteiger partial charge is 0.365 e. The van der Waals surface area contributed by atoms with Crippen LogP contribution in [0.25, 0.3) is 11.3 Å². The molecule has 0 saturated heterocycles. The van der Waals surface area contributed by atoms with Crippen LogP contribution >= 0.6 is 0 Å². The van der Waals surface area contributed by atoms with Crippen molar-refractivity contribution in [3.8, 4) is 11.3 Å². The molecule has 2 heterocycles. The number of sulfonamides is 1. The number of primary amides is 1. The standard InChI is InChI=1S/C19H16F6N6O3S/c20-18(21,22)8-9-35(33,34)31-11-6-4-10(5-7-11)15-14(16(26)32)17(30-29-15)28-13-3-1-2-12(27-13)19(23,24)25/h1-7,31H,8-9H2,(H2,26,32)(H2,27,28,29,30). The number of nitrogens with one attached hydrogen (secondary N) is 3. The Morgan fingerprint density at radius 2 is 1.69 bits per heavy atom. The fourth-order valence-electron chi connectivity index (χ4n) is 2.85. The third-order valence-corrected chi connectivity index (χ3v) is 5.68. The molecule has 0 atom stereocenters. The molecule has 188 valence electrons. The lowest BCUT2D eigenvalue weighted by atomic mass is 10.1. The van der Waals surface area contributed by atoms with Crippen molar-refractivity contribution in [2.75, 3.05) is 15.8 Å². The summed E-state index contributed by atoms with van der Waals surface area (Å²) in [6.07, 6.45) is -10.9. The lowest BCUT2D eigenvalue weighted by Crippen LogP contribution is -2.21. The van der Waals surface area contributed by atoms with Gasteiger partial charge in [-0.05, 0) is 24.3 Å². The maximum Gasteiger partial charge on any atom is 0.433 e. The number of carbonyl (C=O) groups excluding carboxylic acids is 1. The van der Waals surface area contributed by atoms with E-state index in [4.69, 9.17) is 5.73 Å². The maximum atomic E-state index is 12.9. The second-order valence-electron chi connectivity index (χ2n) is 7.08. The number of benzene rings is 1. The molecule has 2 aromatic heterocycles. The van der Waals surface area contributed by atoms with Gasteiger partial charge in [0.1, 0.15) is 28.6 Å². The van der Waals surface area contributed by atoms with Crippen molar-refractivity contribution in [2.24, 2.45) is 5.73 Å². The average Bonchev–Trinajstić information content (AvgIpc) is 3.16. The molecule has 0 fully saturated rings. The molecule has 16 heteroatoms. The molecular weight excluding hydrogens is 506 g/mol. The Kier molecular flexibility index (Phi) is 6.96. The quantitative estimate of drug-likeness (QED) is 0.329. The monoisotopic (exact) mass is 522 g/mol. The average molecular weight is 522 g/mol. The maximum absolute atomic E-state index is 12.9. The Morgan fingerprint density at radius 3 is 2.26 bits per heavy atom. The van der Waals surface area contributed by atoms with Crippen molar-refractivity contribution >= 4 is 33.3 Å². The first-order chi connectivity index (χ1) is 16.1. The second kappa shape index (κ2) is 9.44. The van der Waals surface area contributed by atoms with Crippen LogP contribution in [0.4, 0.5) is 43.7 Å². The molecule has 0 aliphatic rings. The molecule has 0 unspecified atom stereocenters. The van der Waals surface area contributed by atoms with E-state index in [1.807, 2.05) is 4.72 Å². The van der Waals surface area contributed by atoms with Crippen molar-refractivity contribution in [3.05, 3.63) is 53.7 Å². The van der Waals surface area contributed by atoms with Crippen LogP contribution in [0, 0.1) is 0 Å². The number of aromatic amines is 1. The van der Waals surface area contributed by atoms with E-state index in [-0.39, 0.29) is 34.1 Å². The highest BCUT2D eigenvalue weighted by molar-refractivity contribution is 7.92. The number of alkyl halides is 6. The number of hydrogen-bond donors (Lipinski definition) is 4. The van der Waals surface area contributed by atoms with Gasteiger partial charge in [0, 0.05) is 11.3 Å². The summed E-state index contributed by atoms with van der Waals surface area (Å²) in [5.41, 5.74) is 4.21. The first-order valence-corrected chi connectivity index (χ1v) is 11.2. The van der Waals surface area contributed by atoms with Crippen LogP contribution in [0.3, 0.4) is 0 Å². The lowest BCUT2D eigenvalue weighted by molar-refractivity contribution is -0.141. The predicted octanol–water partition coefficient (Wildman–Crippen LogP) is 4.03. The van der Waals surface area contributed by atoms with Crippen LogP contribution in [0.2, 0.25) is 0 Å². The van der Waals surface area contributed by atoms with Crippen LogP contribution in [0.15, 0.2) is 42.5 Å². The predicted molar refractivity (Wildman–Crippen MR) is 113 cm³/mol. The molecule has 5 N–H and O–H groups in total. The van der Waals surface area contributed by atoms with Crippen molar-refractivity contribution in [2.45, 2.75) is 18.8 Å². The minimum atomic E-state index is -4.70. The van der Waals surface area contributed by atoms with Crippen LogP contribution in [-0.2, 0) is 16.2 Å². The van der Waals surface area contributed by atoms with Gasteiger partial charge in [-0.15, -0.1) is 0 Å². The minimum Gasteiger partial charge on any atom is -0.365 e. The molecule has 3 aromatic rings. The van der Waals surface area contributed by atoms with Gasteiger partial charge in [-0.1, -0.05) is 18.2 Å². The van der Waals surface area contributed by atoms with Crippen molar-refractivity contribution in [3.63, 3.8) is 0 Å². The Morgan fingerprint density at radius 1 is 1.03 bits per heavy atom. The zero-order chi connectivity index (χ0) is 26.0. The largest absolute Gasteiger partial charge is 0.433 e. The zero-order valence-electron chi connectivity index (χ0n) is 17.3. The van der Waals surface area contributed by atoms with Crippen molar-refractivity contribution in [1.29, 1.82) is 0 Å². The van der Waals surface area contributed by atoms with Gasteiger partial charge in [0.15, 0.2) is 0 Å². The Hall–Kier alpha value is -3.82. The minimum absolute atomic E-state index is 0.0153. The number of hydrogen-bond acceptors (Lipinski definition) is 6. The van der Waals surface area contributed by atoms with Gasteiger partial charge in [0.2, 0.25) is 10.0 Å². The number of anilines is 3. The Bertz CT molecular complexity index is 1320. The fourth-order valence-corrected chi connectivity index (χ4v) is 3.95. The van der Waals surface area contributed by atoms with E-state index in [9.17, 15) is 39.6 Å². The molecular formula is C19H16F6N6O3S. The third kappa shape index (κ3) is 6.84. The number of amides is 1. The number of halogens is 6. The number of pyridine rings is 1. The summed E-state index contributed by atoms with van der Waals surface area (Å²) in [5.74, 6) is -2.54. The molecule has 9 nitrogen and oxygen atoms in total. The molecule has 0 aliphatic heterocycles. The highest BCUT2D eigenvalue weighted by Gasteiger charge is 2.33. The highest BCUT2D eigenvalue weighted by atomic mass is 32.2. The molecule has 0 bridgehead atoms. The van der Waals surface area contributed by atoms with Crippen molar-refractivity contribution in [1.82, 2.24) is 15.2 Å². The van der Waals surface area contributed by atoms with Crippen LogP contribution in [0.5, 0.6) is 0 Å². The zero-order valence-corrected chi connectivity index (χ0v) is 18.1. The number of H-pyrrole nitrogens is 1. The molecule has 35 heavy (non-hydrogen) atoms. The molecule has 3 rings (SSSR count). The van der Waals surface area contributed by atoms with Gasteiger partial charge in [-0.25, -0.2) is 13.4 Å². The third-order valence-electron chi connectivity index (χ3n) is 4.39. The Balaban J connectivity index is 1.83. The first-order valence-electron chi connectivity index (χ1n) is 9.52. The van der Waals surface area contributed by atoms with Gasteiger partial charge in [0.05, 0.1) is 12.2 Å². The van der Waals surface area contributed by atoms with Gasteiger partial charge >= 0.3 is 12.4 Å².